The lowest BCUT2D eigenvalue weighted by Crippen LogP contribution is -2.52. The van der Waals surface area contributed by atoms with E-state index in [4.69, 9.17) is 9.72 Å². The van der Waals surface area contributed by atoms with Crippen LogP contribution in [0.15, 0.2) is 24.3 Å². The van der Waals surface area contributed by atoms with Gasteiger partial charge in [0.1, 0.15) is 0 Å². The molecule has 0 spiro atoms. The van der Waals surface area contributed by atoms with E-state index < -0.39 is 0 Å². The molecule has 1 heterocycles. The van der Waals surface area contributed by atoms with E-state index in [1.54, 1.807) is 11.3 Å². The van der Waals surface area contributed by atoms with Gasteiger partial charge in [-0.15, -0.1) is 11.3 Å². The molecule has 4 heteroatoms. The average Bonchev–Trinajstić information content (AvgIpc) is 2.92. The molecule has 0 saturated heterocycles. The van der Waals surface area contributed by atoms with Gasteiger partial charge in [0, 0.05) is 19.6 Å². The van der Waals surface area contributed by atoms with Gasteiger partial charge in [-0.1, -0.05) is 32.9 Å². The van der Waals surface area contributed by atoms with Crippen molar-refractivity contribution in [3.8, 4) is 0 Å². The van der Waals surface area contributed by atoms with Crippen LogP contribution in [0.4, 0.5) is 0 Å². The number of thiazole rings is 1. The van der Waals surface area contributed by atoms with Crippen molar-refractivity contribution in [3.05, 3.63) is 29.3 Å². The van der Waals surface area contributed by atoms with Crippen molar-refractivity contribution in [2.24, 2.45) is 0 Å². The third kappa shape index (κ3) is 3.44. The molecule has 3 nitrogen and oxygen atoms in total. The van der Waals surface area contributed by atoms with Crippen molar-refractivity contribution in [2.75, 3.05) is 13.7 Å². The summed E-state index contributed by atoms with van der Waals surface area (Å²) in [5.74, 6) is 0. The highest BCUT2D eigenvalue weighted by molar-refractivity contribution is 7.18. The van der Waals surface area contributed by atoms with Crippen LogP contribution in [-0.4, -0.2) is 30.3 Å². The molecule has 1 aromatic carbocycles. The van der Waals surface area contributed by atoms with E-state index in [-0.39, 0.29) is 5.60 Å². The number of ether oxygens (including phenoxy) is 1. The monoisotopic (exact) mass is 306 g/mol. The second kappa shape index (κ2) is 7.34. The Morgan fingerprint density at radius 3 is 2.52 bits per heavy atom. The van der Waals surface area contributed by atoms with Crippen LogP contribution in [0.2, 0.25) is 0 Å². The highest BCUT2D eigenvalue weighted by atomic mass is 32.1. The number of fused-ring (bicyclic) bond motifs is 1. The fraction of sp³-hybridized carbons (Fsp3) is 0.588. The van der Waals surface area contributed by atoms with Gasteiger partial charge in [0.2, 0.25) is 0 Å². The Hall–Kier alpha value is -0.970. The Morgan fingerprint density at radius 1 is 1.24 bits per heavy atom. The van der Waals surface area contributed by atoms with Gasteiger partial charge < -0.3 is 10.1 Å². The quantitative estimate of drug-likeness (QED) is 0.800. The molecule has 1 atom stereocenters. The summed E-state index contributed by atoms with van der Waals surface area (Å²) >= 11 is 1.79. The molecular weight excluding hydrogens is 280 g/mol. The summed E-state index contributed by atoms with van der Waals surface area (Å²) in [4.78, 5) is 4.77. The number of hydrogen-bond acceptors (Lipinski definition) is 4. The zero-order valence-corrected chi connectivity index (χ0v) is 14.3. The summed E-state index contributed by atoms with van der Waals surface area (Å²) < 4.78 is 7.17. The first-order chi connectivity index (χ1) is 10.2. The van der Waals surface area contributed by atoms with Crippen molar-refractivity contribution in [2.45, 2.75) is 51.7 Å². The van der Waals surface area contributed by atoms with E-state index in [0.29, 0.717) is 6.04 Å². The molecule has 0 aliphatic rings. The van der Waals surface area contributed by atoms with Crippen molar-refractivity contribution in [1.29, 1.82) is 0 Å². The Balaban J connectivity index is 2.26. The Kier molecular flexibility index (Phi) is 5.73. The zero-order valence-electron chi connectivity index (χ0n) is 13.5. The van der Waals surface area contributed by atoms with Gasteiger partial charge in [-0.25, -0.2) is 4.98 Å². The number of nitrogens with zero attached hydrogens (tertiary/aromatic N) is 1. The molecule has 1 N–H and O–H groups in total. The lowest BCUT2D eigenvalue weighted by Gasteiger charge is -2.38. The second-order valence-electron chi connectivity index (χ2n) is 5.37. The summed E-state index contributed by atoms with van der Waals surface area (Å²) in [5.41, 5.74) is 0.984. The topological polar surface area (TPSA) is 34.2 Å². The van der Waals surface area contributed by atoms with Gasteiger partial charge >= 0.3 is 0 Å². The Bertz CT molecular complexity index is 521. The summed E-state index contributed by atoms with van der Waals surface area (Å²) in [6.45, 7) is 7.50. The first kappa shape index (κ1) is 16.4. The molecule has 0 aliphatic carbocycles. The van der Waals surface area contributed by atoms with Gasteiger partial charge in [0.15, 0.2) is 0 Å². The first-order valence-corrected chi connectivity index (χ1v) is 8.63. The van der Waals surface area contributed by atoms with Crippen molar-refractivity contribution < 1.29 is 4.74 Å². The Morgan fingerprint density at radius 2 is 1.95 bits per heavy atom. The molecule has 0 fully saturated rings. The largest absolute Gasteiger partial charge is 0.377 e. The number of methoxy groups -OCH3 is 1. The smallest absolute Gasteiger partial charge is 0.0955 e. The van der Waals surface area contributed by atoms with Crippen LogP contribution in [-0.2, 0) is 11.2 Å². The third-order valence-corrected chi connectivity index (χ3v) is 5.46. The molecule has 21 heavy (non-hydrogen) atoms. The van der Waals surface area contributed by atoms with Crippen LogP contribution in [0.25, 0.3) is 10.2 Å². The molecule has 1 aromatic heterocycles. The standard InChI is InChI=1S/C17H26N2OS/c1-5-17(6-2,20-4)15(18-7-3)12-16-19-13-10-8-9-11-14(13)21-16/h8-11,15,18H,5-7,12H2,1-4H3. The lowest BCUT2D eigenvalue weighted by molar-refractivity contribution is -0.0468. The molecule has 0 bridgehead atoms. The summed E-state index contributed by atoms with van der Waals surface area (Å²) in [6, 6.07) is 8.64. The maximum Gasteiger partial charge on any atom is 0.0955 e. The van der Waals surface area contributed by atoms with Crippen molar-refractivity contribution in [1.82, 2.24) is 10.3 Å². The normalized spacial score (nSPS) is 13.7. The van der Waals surface area contributed by atoms with E-state index in [2.05, 4.69) is 44.3 Å². The number of rotatable bonds is 8. The van der Waals surface area contributed by atoms with Gasteiger partial charge in [-0.05, 0) is 31.5 Å². The van der Waals surface area contributed by atoms with Gasteiger partial charge in [0.25, 0.3) is 0 Å². The molecule has 2 rings (SSSR count). The molecular formula is C17H26N2OS. The third-order valence-electron chi connectivity index (χ3n) is 4.41. The molecule has 1 unspecified atom stereocenters. The molecule has 0 saturated carbocycles. The fourth-order valence-corrected chi connectivity index (χ4v) is 4.06. The minimum absolute atomic E-state index is 0.117. The maximum atomic E-state index is 5.91. The van der Waals surface area contributed by atoms with E-state index in [1.165, 1.54) is 9.71 Å². The molecule has 2 aromatic rings. The van der Waals surface area contributed by atoms with Gasteiger partial charge in [0.05, 0.1) is 20.8 Å². The van der Waals surface area contributed by atoms with Crippen LogP contribution in [0.3, 0.4) is 0 Å². The van der Waals surface area contributed by atoms with Crippen LogP contribution in [0.1, 0.15) is 38.6 Å². The fourth-order valence-electron chi connectivity index (χ4n) is 3.05. The van der Waals surface area contributed by atoms with E-state index in [9.17, 15) is 0 Å². The lowest BCUT2D eigenvalue weighted by atomic mass is 9.86. The van der Waals surface area contributed by atoms with Crippen LogP contribution in [0.5, 0.6) is 0 Å². The van der Waals surface area contributed by atoms with Gasteiger partial charge in [-0.2, -0.15) is 0 Å². The minimum Gasteiger partial charge on any atom is -0.377 e. The number of hydrogen-bond donors (Lipinski definition) is 1. The number of likely N-dealkylation sites (N-methyl/N-ethyl adjacent to an activating group) is 1. The average molecular weight is 306 g/mol. The van der Waals surface area contributed by atoms with Crippen LogP contribution >= 0.6 is 11.3 Å². The number of aromatic nitrogens is 1. The number of benzene rings is 1. The van der Waals surface area contributed by atoms with Crippen molar-refractivity contribution in [3.63, 3.8) is 0 Å². The Labute approximate surface area is 131 Å². The number of para-hydroxylation sites is 1. The summed E-state index contributed by atoms with van der Waals surface area (Å²) in [6.07, 6.45) is 2.92. The molecule has 116 valence electrons. The van der Waals surface area contributed by atoms with Crippen LogP contribution < -0.4 is 5.32 Å². The summed E-state index contributed by atoms with van der Waals surface area (Å²) in [7, 11) is 1.83. The molecule has 0 radical (unpaired) electrons. The minimum atomic E-state index is -0.117. The van der Waals surface area contributed by atoms with Gasteiger partial charge in [-0.3, -0.25) is 0 Å². The molecule has 0 aliphatic heterocycles. The highest BCUT2D eigenvalue weighted by Crippen LogP contribution is 2.29. The maximum absolute atomic E-state index is 5.91. The predicted molar refractivity (Wildman–Crippen MR) is 91.1 cm³/mol. The van der Waals surface area contributed by atoms with E-state index in [0.717, 1.165) is 31.3 Å². The predicted octanol–water partition coefficient (Wildman–Crippen LogP) is 4.02. The second-order valence-corrected chi connectivity index (χ2v) is 6.48. The first-order valence-electron chi connectivity index (χ1n) is 7.82. The van der Waals surface area contributed by atoms with E-state index >= 15 is 0 Å². The summed E-state index contributed by atoms with van der Waals surface area (Å²) in [5, 5.41) is 4.80. The van der Waals surface area contributed by atoms with Crippen molar-refractivity contribution >= 4 is 21.6 Å². The van der Waals surface area contributed by atoms with Crippen LogP contribution in [0, 0.1) is 0 Å². The number of nitrogens with one attached hydrogen (secondary N) is 1. The zero-order chi connectivity index (χ0) is 15.3. The van der Waals surface area contributed by atoms with E-state index in [1.807, 2.05) is 13.2 Å². The molecule has 0 amide bonds. The SMILES string of the molecule is CCNC(Cc1nc2ccccc2s1)C(CC)(CC)OC. The highest BCUT2D eigenvalue weighted by Gasteiger charge is 2.35.